The summed E-state index contributed by atoms with van der Waals surface area (Å²) in [6.07, 6.45) is 0. The minimum absolute atomic E-state index is 0.151. The van der Waals surface area contributed by atoms with Gasteiger partial charge in [-0.25, -0.2) is 0 Å². The van der Waals surface area contributed by atoms with Crippen molar-refractivity contribution < 1.29 is 14.3 Å². The van der Waals surface area contributed by atoms with Crippen LogP contribution in [0.1, 0.15) is 24.1 Å². The van der Waals surface area contributed by atoms with Crippen molar-refractivity contribution in [1.82, 2.24) is 5.32 Å². The molecular formula is C19H19ClN2O3. The highest BCUT2D eigenvalue weighted by Crippen LogP contribution is 2.38. The van der Waals surface area contributed by atoms with Crippen LogP contribution in [0.5, 0.6) is 5.75 Å². The number of carbonyl (C=O) groups is 2. The molecule has 6 heteroatoms. The normalized spacial score (nSPS) is 15.9. The molecule has 1 heterocycles. The molecular weight excluding hydrogens is 340 g/mol. The lowest BCUT2D eigenvalue weighted by Gasteiger charge is -2.20. The van der Waals surface area contributed by atoms with Crippen LogP contribution in [0, 0.1) is 6.92 Å². The first kappa shape index (κ1) is 17.3. The van der Waals surface area contributed by atoms with Crippen molar-refractivity contribution in [3.8, 4) is 5.75 Å². The second kappa shape index (κ2) is 7.15. The molecule has 0 aromatic heterocycles. The third-order valence-electron chi connectivity index (χ3n) is 4.12. The van der Waals surface area contributed by atoms with Crippen LogP contribution in [-0.2, 0) is 9.59 Å². The van der Waals surface area contributed by atoms with Gasteiger partial charge in [0.1, 0.15) is 18.4 Å². The summed E-state index contributed by atoms with van der Waals surface area (Å²) in [5.74, 6) is 0.196. The number of hydrogen-bond donors (Lipinski definition) is 1. The molecule has 130 valence electrons. The first-order valence-electron chi connectivity index (χ1n) is 8.04. The van der Waals surface area contributed by atoms with Gasteiger partial charge in [-0.1, -0.05) is 41.9 Å². The summed E-state index contributed by atoms with van der Waals surface area (Å²) in [6.45, 7) is 4.03. The number of hydrogen-bond acceptors (Lipinski definition) is 3. The highest BCUT2D eigenvalue weighted by Gasteiger charge is 2.38. The van der Waals surface area contributed by atoms with E-state index in [2.05, 4.69) is 5.32 Å². The summed E-state index contributed by atoms with van der Waals surface area (Å²) >= 11 is 6.08. The molecule has 1 N–H and O–H groups in total. The number of nitrogens with zero attached hydrogens (tertiary/aromatic N) is 1. The lowest BCUT2D eigenvalue weighted by atomic mass is 10.1. The average molecular weight is 359 g/mol. The quantitative estimate of drug-likeness (QED) is 0.892. The molecule has 0 bridgehead atoms. The Hall–Kier alpha value is -2.53. The van der Waals surface area contributed by atoms with E-state index >= 15 is 0 Å². The minimum atomic E-state index is -0.646. The van der Waals surface area contributed by atoms with Crippen LogP contribution in [0.25, 0.3) is 0 Å². The maximum absolute atomic E-state index is 12.8. The smallest absolute Gasteiger partial charge is 0.254 e. The Labute approximate surface area is 151 Å². The van der Waals surface area contributed by atoms with Crippen molar-refractivity contribution in [1.29, 1.82) is 0 Å². The predicted molar refractivity (Wildman–Crippen MR) is 97.0 cm³/mol. The fourth-order valence-electron chi connectivity index (χ4n) is 3.06. The summed E-state index contributed by atoms with van der Waals surface area (Å²) < 4.78 is 5.71. The number of rotatable bonds is 5. The molecule has 0 radical (unpaired) electrons. The molecule has 1 aliphatic heterocycles. The maximum atomic E-state index is 12.8. The van der Waals surface area contributed by atoms with Crippen molar-refractivity contribution in [3.63, 3.8) is 0 Å². The molecule has 2 amide bonds. The summed E-state index contributed by atoms with van der Waals surface area (Å²) in [7, 11) is 0. The molecule has 1 atom stereocenters. The Bertz CT molecular complexity index is 822. The number of nitrogens with one attached hydrogen (secondary N) is 1. The van der Waals surface area contributed by atoms with Gasteiger partial charge in [0.2, 0.25) is 5.91 Å². The van der Waals surface area contributed by atoms with Crippen LogP contribution in [0.4, 0.5) is 5.69 Å². The van der Waals surface area contributed by atoms with E-state index in [1.165, 1.54) is 6.92 Å². The van der Waals surface area contributed by atoms with Gasteiger partial charge in [-0.3, -0.25) is 9.59 Å². The van der Waals surface area contributed by atoms with Gasteiger partial charge in [0.25, 0.3) is 5.91 Å². The topological polar surface area (TPSA) is 58.6 Å². The van der Waals surface area contributed by atoms with Gasteiger partial charge in [-0.15, -0.1) is 0 Å². The van der Waals surface area contributed by atoms with E-state index < -0.39 is 6.04 Å². The second-order valence-corrected chi connectivity index (χ2v) is 6.32. The highest BCUT2D eigenvalue weighted by atomic mass is 35.5. The van der Waals surface area contributed by atoms with Gasteiger partial charge in [0.05, 0.1) is 17.3 Å². The van der Waals surface area contributed by atoms with E-state index in [1.807, 2.05) is 37.3 Å². The number of ether oxygens (including phenoxy) is 1. The van der Waals surface area contributed by atoms with Gasteiger partial charge in [-0.05, 0) is 24.6 Å². The lowest BCUT2D eigenvalue weighted by Crippen LogP contribution is -2.38. The fourth-order valence-corrected chi connectivity index (χ4v) is 3.25. The van der Waals surface area contributed by atoms with Gasteiger partial charge >= 0.3 is 0 Å². The number of para-hydroxylation sites is 2. The Balaban J connectivity index is 1.78. The third-order valence-corrected chi connectivity index (χ3v) is 4.43. The van der Waals surface area contributed by atoms with E-state index in [0.717, 1.165) is 16.8 Å². The summed E-state index contributed by atoms with van der Waals surface area (Å²) in [4.78, 5) is 25.9. The number of anilines is 1. The standard InChI is InChI=1S/C19H19ClN2O3/c1-12-6-5-7-14-17(21-13(2)23)19(24)22(18(12)14)10-11-25-16-9-4-3-8-15(16)20/h3-9,17H,10-11H2,1-2H3,(H,21,23). The molecule has 25 heavy (non-hydrogen) atoms. The van der Waals surface area contributed by atoms with Gasteiger partial charge in [0.15, 0.2) is 0 Å². The molecule has 1 aliphatic rings. The van der Waals surface area contributed by atoms with Crippen molar-refractivity contribution in [2.75, 3.05) is 18.1 Å². The van der Waals surface area contributed by atoms with E-state index in [0.29, 0.717) is 23.9 Å². The van der Waals surface area contributed by atoms with Gasteiger partial charge in [-0.2, -0.15) is 0 Å². The Kier molecular flexibility index (Phi) is 4.95. The predicted octanol–water partition coefficient (Wildman–Crippen LogP) is 3.25. The average Bonchev–Trinajstić information content (AvgIpc) is 2.83. The van der Waals surface area contributed by atoms with Crippen LogP contribution in [-0.4, -0.2) is 25.0 Å². The number of fused-ring (bicyclic) bond motifs is 1. The van der Waals surface area contributed by atoms with Crippen molar-refractivity contribution in [2.45, 2.75) is 19.9 Å². The highest BCUT2D eigenvalue weighted by molar-refractivity contribution is 6.32. The zero-order valence-corrected chi connectivity index (χ0v) is 14.8. The molecule has 2 aromatic carbocycles. The Morgan fingerprint density at radius 1 is 1.24 bits per heavy atom. The van der Waals surface area contributed by atoms with Crippen LogP contribution in [0.15, 0.2) is 42.5 Å². The molecule has 0 fully saturated rings. The molecule has 0 saturated carbocycles. The summed E-state index contributed by atoms with van der Waals surface area (Å²) in [5, 5.41) is 3.26. The van der Waals surface area contributed by atoms with Gasteiger partial charge in [0, 0.05) is 12.5 Å². The van der Waals surface area contributed by atoms with Gasteiger partial charge < -0.3 is 15.0 Å². The largest absolute Gasteiger partial charge is 0.490 e. The van der Waals surface area contributed by atoms with Crippen molar-refractivity contribution in [2.24, 2.45) is 0 Å². The Morgan fingerprint density at radius 3 is 2.72 bits per heavy atom. The van der Waals surface area contributed by atoms with E-state index in [9.17, 15) is 9.59 Å². The number of amides is 2. The summed E-state index contributed by atoms with van der Waals surface area (Å²) in [5.41, 5.74) is 2.64. The van der Waals surface area contributed by atoms with E-state index in [4.69, 9.17) is 16.3 Å². The number of aryl methyl sites for hydroxylation is 1. The zero-order chi connectivity index (χ0) is 18.0. The third kappa shape index (κ3) is 3.46. The first-order chi connectivity index (χ1) is 12.0. The van der Waals surface area contributed by atoms with E-state index in [-0.39, 0.29) is 11.8 Å². The van der Waals surface area contributed by atoms with Crippen LogP contribution < -0.4 is 15.0 Å². The van der Waals surface area contributed by atoms with Crippen LogP contribution >= 0.6 is 11.6 Å². The van der Waals surface area contributed by atoms with Crippen LogP contribution in [0.3, 0.4) is 0 Å². The molecule has 5 nitrogen and oxygen atoms in total. The number of carbonyl (C=O) groups excluding carboxylic acids is 2. The number of halogens is 1. The minimum Gasteiger partial charge on any atom is -0.490 e. The Morgan fingerprint density at radius 2 is 2.00 bits per heavy atom. The molecule has 3 rings (SSSR count). The number of benzene rings is 2. The second-order valence-electron chi connectivity index (χ2n) is 5.92. The molecule has 0 aliphatic carbocycles. The maximum Gasteiger partial charge on any atom is 0.254 e. The molecule has 0 spiro atoms. The van der Waals surface area contributed by atoms with Crippen molar-refractivity contribution >= 4 is 29.1 Å². The van der Waals surface area contributed by atoms with Crippen molar-refractivity contribution in [3.05, 3.63) is 58.6 Å². The summed E-state index contributed by atoms with van der Waals surface area (Å²) in [6, 6.07) is 12.3. The van der Waals surface area contributed by atoms with E-state index in [1.54, 1.807) is 17.0 Å². The monoisotopic (exact) mass is 358 g/mol. The lowest BCUT2D eigenvalue weighted by molar-refractivity contribution is -0.126. The fraction of sp³-hybridized carbons (Fsp3) is 0.263. The molecule has 1 unspecified atom stereocenters. The SMILES string of the molecule is CC(=O)NC1C(=O)N(CCOc2ccccc2Cl)c2c(C)cccc21. The van der Waals surface area contributed by atoms with Crippen LogP contribution in [0.2, 0.25) is 5.02 Å². The molecule has 0 saturated heterocycles. The zero-order valence-electron chi connectivity index (χ0n) is 14.1. The molecule has 2 aromatic rings. The first-order valence-corrected chi connectivity index (χ1v) is 8.42.